The second-order valence-electron chi connectivity index (χ2n) is 4.95. The summed E-state index contributed by atoms with van der Waals surface area (Å²) in [5.74, 6) is -0.0582. The van der Waals surface area contributed by atoms with Crippen LogP contribution in [-0.4, -0.2) is 16.1 Å². The molecule has 0 saturated heterocycles. The van der Waals surface area contributed by atoms with Gasteiger partial charge in [-0.2, -0.15) is 0 Å². The molecule has 0 spiro atoms. The minimum absolute atomic E-state index is 0.107. The minimum Gasteiger partial charge on any atom is -0.506 e. The summed E-state index contributed by atoms with van der Waals surface area (Å²) in [6.45, 7) is 5.41. The Labute approximate surface area is 134 Å². The van der Waals surface area contributed by atoms with Gasteiger partial charge in [0.2, 0.25) is 5.91 Å². The number of phenols is 1. The van der Waals surface area contributed by atoms with E-state index < -0.39 is 5.41 Å². The van der Waals surface area contributed by atoms with Crippen LogP contribution in [0.1, 0.15) is 20.8 Å². The summed E-state index contributed by atoms with van der Waals surface area (Å²) in [5, 5.41) is 15.3. The SMILES string of the molecule is CC(C)(C)C(=O)NC(=S)Nc1cc(Br)c(O)c(Br)c1. The van der Waals surface area contributed by atoms with E-state index in [1.165, 1.54) is 0 Å². The van der Waals surface area contributed by atoms with Crippen molar-refractivity contribution < 1.29 is 9.90 Å². The van der Waals surface area contributed by atoms with Crippen molar-refractivity contribution in [3.05, 3.63) is 21.1 Å². The highest BCUT2D eigenvalue weighted by Crippen LogP contribution is 2.35. The molecule has 0 unspecified atom stereocenters. The minimum atomic E-state index is -0.512. The van der Waals surface area contributed by atoms with Crippen LogP contribution >= 0.6 is 44.1 Å². The molecule has 0 atom stereocenters. The summed E-state index contributed by atoms with van der Waals surface area (Å²) in [7, 11) is 0. The molecule has 0 bridgehead atoms. The van der Waals surface area contributed by atoms with Gasteiger partial charge in [-0.05, 0) is 56.2 Å². The molecule has 0 aliphatic heterocycles. The molecule has 1 aromatic rings. The zero-order chi connectivity index (χ0) is 14.8. The van der Waals surface area contributed by atoms with E-state index in [4.69, 9.17) is 12.2 Å². The van der Waals surface area contributed by atoms with Gasteiger partial charge in [-0.15, -0.1) is 0 Å². The van der Waals surface area contributed by atoms with Crippen molar-refractivity contribution >= 4 is 60.8 Å². The molecule has 0 aromatic heterocycles. The molecule has 1 rings (SSSR count). The number of halogens is 2. The summed E-state index contributed by atoms with van der Waals surface area (Å²) in [5.41, 5.74) is 0.137. The third kappa shape index (κ3) is 4.74. The van der Waals surface area contributed by atoms with Crippen molar-refractivity contribution in [3.63, 3.8) is 0 Å². The standard InChI is InChI=1S/C12H14Br2N2O2S/c1-12(2,3)10(18)16-11(19)15-6-4-7(13)9(17)8(14)5-6/h4-5,17H,1-3H3,(H2,15,16,18,19). The van der Waals surface area contributed by atoms with E-state index in [9.17, 15) is 9.90 Å². The zero-order valence-electron chi connectivity index (χ0n) is 10.7. The Morgan fingerprint density at radius 3 is 2.16 bits per heavy atom. The molecular weight excluding hydrogens is 396 g/mol. The van der Waals surface area contributed by atoms with Crippen LogP contribution in [-0.2, 0) is 4.79 Å². The van der Waals surface area contributed by atoms with E-state index in [1.807, 2.05) is 0 Å². The van der Waals surface area contributed by atoms with Crippen LogP contribution < -0.4 is 10.6 Å². The van der Waals surface area contributed by atoms with E-state index in [0.717, 1.165) is 0 Å². The van der Waals surface area contributed by atoms with Gasteiger partial charge in [-0.3, -0.25) is 4.79 Å². The molecule has 0 saturated carbocycles. The van der Waals surface area contributed by atoms with Crippen LogP contribution in [0.2, 0.25) is 0 Å². The molecule has 1 amide bonds. The van der Waals surface area contributed by atoms with E-state index in [2.05, 4.69) is 42.5 Å². The number of rotatable bonds is 1. The van der Waals surface area contributed by atoms with Gasteiger partial charge in [0.25, 0.3) is 0 Å². The van der Waals surface area contributed by atoms with Gasteiger partial charge in [0.15, 0.2) is 5.11 Å². The topological polar surface area (TPSA) is 61.4 Å². The lowest BCUT2D eigenvalue weighted by atomic mass is 9.96. The lowest BCUT2D eigenvalue weighted by molar-refractivity contribution is -0.126. The number of carbonyl (C=O) groups is 1. The Morgan fingerprint density at radius 2 is 1.74 bits per heavy atom. The van der Waals surface area contributed by atoms with Gasteiger partial charge in [-0.25, -0.2) is 0 Å². The highest BCUT2D eigenvalue weighted by Gasteiger charge is 2.22. The first kappa shape index (κ1) is 16.4. The monoisotopic (exact) mass is 408 g/mol. The highest BCUT2D eigenvalue weighted by atomic mass is 79.9. The number of benzene rings is 1. The number of aromatic hydroxyl groups is 1. The van der Waals surface area contributed by atoms with Crippen molar-refractivity contribution in [3.8, 4) is 5.75 Å². The molecular formula is C12H14Br2N2O2S. The Morgan fingerprint density at radius 1 is 1.26 bits per heavy atom. The Balaban J connectivity index is 2.76. The maximum atomic E-state index is 11.8. The first-order valence-electron chi connectivity index (χ1n) is 5.41. The third-order valence-electron chi connectivity index (χ3n) is 2.18. The van der Waals surface area contributed by atoms with E-state index in [1.54, 1.807) is 32.9 Å². The molecule has 19 heavy (non-hydrogen) atoms. The second kappa shape index (κ2) is 6.19. The van der Waals surface area contributed by atoms with Gasteiger partial charge in [0.05, 0.1) is 8.95 Å². The van der Waals surface area contributed by atoms with E-state index in [0.29, 0.717) is 14.6 Å². The van der Waals surface area contributed by atoms with Crippen LogP contribution in [0.15, 0.2) is 21.1 Å². The normalized spacial score (nSPS) is 11.0. The molecule has 3 N–H and O–H groups in total. The lowest BCUT2D eigenvalue weighted by Gasteiger charge is -2.18. The fourth-order valence-corrected chi connectivity index (χ4v) is 2.49. The molecule has 0 aliphatic carbocycles. The van der Waals surface area contributed by atoms with Crippen molar-refractivity contribution in [2.45, 2.75) is 20.8 Å². The van der Waals surface area contributed by atoms with Crippen LogP contribution in [0.4, 0.5) is 5.69 Å². The van der Waals surface area contributed by atoms with Crippen LogP contribution in [0.5, 0.6) is 5.75 Å². The number of amides is 1. The van der Waals surface area contributed by atoms with Gasteiger partial charge in [0.1, 0.15) is 5.75 Å². The number of phenolic OH excluding ortho intramolecular Hbond substituents is 1. The number of nitrogens with one attached hydrogen (secondary N) is 2. The second-order valence-corrected chi connectivity index (χ2v) is 7.06. The first-order valence-corrected chi connectivity index (χ1v) is 7.41. The molecule has 7 heteroatoms. The zero-order valence-corrected chi connectivity index (χ0v) is 14.7. The molecule has 4 nitrogen and oxygen atoms in total. The summed E-state index contributed by atoms with van der Waals surface area (Å²) in [6, 6.07) is 3.32. The van der Waals surface area contributed by atoms with E-state index in [-0.39, 0.29) is 16.8 Å². The number of carbonyl (C=O) groups excluding carboxylic acids is 1. The average Bonchev–Trinajstić information content (AvgIpc) is 2.24. The largest absolute Gasteiger partial charge is 0.506 e. The lowest BCUT2D eigenvalue weighted by Crippen LogP contribution is -2.41. The summed E-state index contributed by atoms with van der Waals surface area (Å²) in [4.78, 5) is 11.8. The van der Waals surface area contributed by atoms with E-state index >= 15 is 0 Å². The van der Waals surface area contributed by atoms with Crippen molar-refractivity contribution in [2.75, 3.05) is 5.32 Å². The Bertz CT molecular complexity index is 504. The number of hydrogen-bond donors (Lipinski definition) is 3. The first-order chi connectivity index (χ1) is 8.61. The van der Waals surface area contributed by atoms with Gasteiger partial charge < -0.3 is 15.7 Å². The van der Waals surface area contributed by atoms with Crippen molar-refractivity contribution in [2.24, 2.45) is 5.41 Å². The highest BCUT2D eigenvalue weighted by molar-refractivity contribution is 9.11. The molecule has 0 radical (unpaired) electrons. The van der Waals surface area contributed by atoms with Crippen LogP contribution in [0, 0.1) is 5.41 Å². The summed E-state index contributed by atoms with van der Waals surface area (Å²) in [6.07, 6.45) is 0. The predicted octanol–water partition coefficient (Wildman–Crippen LogP) is 3.78. The van der Waals surface area contributed by atoms with Gasteiger partial charge in [-0.1, -0.05) is 20.8 Å². The number of thiocarbonyl (C=S) groups is 1. The Hall–Kier alpha value is -0.660. The fourth-order valence-electron chi connectivity index (χ4n) is 1.09. The molecule has 0 heterocycles. The van der Waals surface area contributed by atoms with Crippen molar-refractivity contribution in [1.29, 1.82) is 0 Å². The molecule has 1 aromatic carbocycles. The average molecular weight is 410 g/mol. The molecule has 104 valence electrons. The summed E-state index contributed by atoms with van der Waals surface area (Å²) < 4.78 is 1.05. The fraction of sp³-hybridized carbons (Fsp3) is 0.333. The van der Waals surface area contributed by atoms with Crippen molar-refractivity contribution in [1.82, 2.24) is 5.32 Å². The van der Waals surface area contributed by atoms with Crippen LogP contribution in [0.25, 0.3) is 0 Å². The molecule has 0 fully saturated rings. The smallest absolute Gasteiger partial charge is 0.231 e. The third-order valence-corrected chi connectivity index (χ3v) is 3.60. The predicted molar refractivity (Wildman–Crippen MR) is 87.3 cm³/mol. The van der Waals surface area contributed by atoms with Gasteiger partial charge in [0, 0.05) is 11.1 Å². The number of hydrogen-bond acceptors (Lipinski definition) is 3. The number of anilines is 1. The maximum absolute atomic E-state index is 11.8. The Kier molecular flexibility index (Phi) is 5.34. The van der Waals surface area contributed by atoms with Crippen LogP contribution in [0.3, 0.4) is 0 Å². The molecule has 0 aliphatic rings. The maximum Gasteiger partial charge on any atom is 0.231 e. The summed E-state index contributed by atoms with van der Waals surface area (Å²) >= 11 is 11.5. The van der Waals surface area contributed by atoms with Gasteiger partial charge >= 0.3 is 0 Å². The quantitative estimate of drug-likeness (QED) is 0.488.